The van der Waals surface area contributed by atoms with Crippen molar-refractivity contribution < 1.29 is 19.5 Å². The van der Waals surface area contributed by atoms with E-state index in [2.05, 4.69) is 11.9 Å². The summed E-state index contributed by atoms with van der Waals surface area (Å²) in [6.07, 6.45) is 2.64. The number of hydrogen-bond donors (Lipinski definition) is 2. The predicted octanol–water partition coefficient (Wildman–Crippen LogP) is 3.55. The number of carbonyl (C=O) groups is 3. The Morgan fingerprint density at radius 2 is 1.90 bits per heavy atom. The van der Waals surface area contributed by atoms with Crippen LogP contribution in [0.1, 0.15) is 40.2 Å². The van der Waals surface area contributed by atoms with Gasteiger partial charge in [-0.25, -0.2) is 4.79 Å². The highest BCUT2D eigenvalue weighted by Gasteiger charge is 2.70. The fourth-order valence-corrected chi connectivity index (χ4v) is 6.84. The molecule has 1 aromatic carbocycles. The molecule has 0 spiro atoms. The Hall–Kier alpha value is -1.93. The summed E-state index contributed by atoms with van der Waals surface area (Å²) in [5, 5.41) is 11.8. The highest BCUT2D eigenvalue weighted by Crippen LogP contribution is 2.54. The molecular weight excluding hydrogens is 432 g/mol. The number of thioether (sulfide) groups is 2. The topological polar surface area (TPSA) is 86.7 Å². The molecule has 0 bridgehead atoms. The molecule has 8 heteroatoms. The average molecular weight is 463 g/mol. The number of fused-ring (bicyclic) bond motifs is 1. The number of rotatable bonds is 8. The van der Waals surface area contributed by atoms with Crippen molar-refractivity contribution >= 4 is 41.3 Å². The second-order valence-corrected chi connectivity index (χ2v) is 12.1. The smallest absolute Gasteiger partial charge is 0.327 e. The van der Waals surface area contributed by atoms with Crippen molar-refractivity contribution in [3.8, 4) is 0 Å². The zero-order valence-electron chi connectivity index (χ0n) is 18.5. The molecule has 1 unspecified atom stereocenters. The molecule has 2 saturated heterocycles. The van der Waals surface area contributed by atoms with Crippen LogP contribution < -0.4 is 5.32 Å². The van der Waals surface area contributed by atoms with E-state index >= 15 is 0 Å². The molecule has 4 atom stereocenters. The fourth-order valence-electron chi connectivity index (χ4n) is 4.18. The SMILES string of the molecule is C=CCc1ccc(SC(C(=O)N[C@@]2(C)C(=O)N3[C@@H](C(=O)O)C(C)(C)S[C@@H]32)C(C)C)cc1. The van der Waals surface area contributed by atoms with Crippen LogP contribution in [0.25, 0.3) is 0 Å². The first-order valence-electron chi connectivity index (χ1n) is 10.3. The monoisotopic (exact) mass is 462 g/mol. The molecule has 0 radical (unpaired) electrons. The van der Waals surface area contributed by atoms with E-state index in [1.165, 1.54) is 28.4 Å². The number of carboxylic acids is 1. The van der Waals surface area contributed by atoms with Crippen LogP contribution in [0.5, 0.6) is 0 Å². The molecule has 2 aliphatic rings. The van der Waals surface area contributed by atoms with Gasteiger partial charge in [0, 0.05) is 9.64 Å². The summed E-state index contributed by atoms with van der Waals surface area (Å²) in [5.74, 6) is -1.51. The van der Waals surface area contributed by atoms with Crippen LogP contribution in [0, 0.1) is 5.92 Å². The summed E-state index contributed by atoms with van der Waals surface area (Å²) in [5.41, 5.74) is 0.0523. The van der Waals surface area contributed by atoms with Crippen LogP contribution in [-0.2, 0) is 20.8 Å². The third-order valence-electron chi connectivity index (χ3n) is 5.82. The standard InChI is InChI=1S/C23H30N2O4S2/c1-7-8-14-9-11-15(12-10-14)30-16(13(2)3)18(26)24-23(6)20(29)25-17(19(27)28)22(4,5)31-21(23)25/h7,9-13,16-17,21H,1,8H2,2-6H3,(H,24,26)(H,27,28)/t16?,17-,21+,23-/m0/s1. The molecule has 1 aromatic rings. The van der Waals surface area contributed by atoms with Gasteiger partial charge in [0.05, 0.1) is 5.25 Å². The number of aliphatic carboxylic acids is 1. The van der Waals surface area contributed by atoms with Crippen LogP contribution in [0.2, 0.25) is 0 Å². The number of nitrogens with one attached hydrogen (secondary N) is 1. The molecule has 2 fully saturated rings. The van der Waals surface area contributed by atoms with Gasteiger partial charge >= 0.3 is 5.97 Å². The first-order chi connectivity index (χ1) is 14.4. The summed E-state index contributed by atoms with van der Waals surface area (Å²) >= 11 is 2.91. The zero-order valence-corrected chi connectivity index (χ0v) is 20.2. The van der Waals surface area contributed by atoms with Gasteiger partial charge in [-0.05, 0) is 50.8 Å². The van der Waals surface area contributed by atoms with Gasteiger partial charge in [0.1, 0.15) is 17.0 Å². The minimum Gasteiger partial charge on any atom is -0.480 e. The average Bonchev–Trinajstić information content (AvgIpc) is 2.96. The number of allylic oxidation sites excluding steroid dienone is 1. The zero-order chi connectivity index (χ0) is 23.1. The van der Waals surface area contributed by atoms with E-state index in [0.717, 1.165) is 16.9 Å². The van der Waals surface area contributed by atoms with Crippen molar-refractivity contribution in [3.63, 3.8) is 0 Å². The number of β-lactam (4-membered cyclic amide) rings is 1. The Morgan fingerprint density at radius 1 is 1.29 bits per heavy atom. The molecule has 0 aromatic heterocycles. The van der Waals surface area contributed by atoms with Gasteiger partial charge in [-0.2, -0.15) is 0 Å². The van der Waals surface area contributed by atoms with Crippen molar-refractivity contribution in [2.75, 3.05) is 0 Å². The van der Waals surface area contributed by atoms with E-state index in [1.807, 2.05) is 58.0 Å². The van der Waals surface area contributed by atoms with Crippen LogP contribution in [0.15, 0.2) is 41.8 Å². The molecule has 2 amide bonds. The number of benzene rings is 1. The van der Waals surface area contributed by atoms with E-state index in [0.29, 0.717) is 0 Å². The predicted molar refractivity (Wildman–Crippen MR) is 125 cm³/mol. The summed E-state index contributed by atoms with van der Waals surface area (Å²) < 4.78 is -0.631. The molecule has 2 N–H and O–H groups in total. The summed E-state index contributed by atoms with van der Waals surface area (Å²) in [7, 11) is 0. The number of carboxylic acid groups (broad SMARTS) is 1. The van der Waals surface area contributed by atoms with E-state index < -0.39 is 27.7 Å². The fraction of sp³-hybridized carbons (Fsp3) is 0.522. The first-order valence-corrected chi connectivity index (χ1v) is 12.1. The summed E-state index contributed by atoms with van der Waals surface area (Å²) in [4.78, 5) is 40.3. The van der Waals surface area contributed by atoms with Gasteiger partial charge < -0.3 is 15.3 Å². The lowest BCUT2D eigenvalue weighted by atomic mass is 9.86. The Labute approximate surface area is 192 Å². The van der Waals surface area contributed by atoms with Crippen LogP contribution in [0.3, 0.4) is 0 Å². The molecule has 2 aliphatic heterocycles. The minimum atomic E-state index is -1.11. The maximum atomic E-state index is 13.2. The number of hydrogen-bond acceptors (Lipinski definition) is 5. The molecule has 3 rings (SSSR count). The van der Waals surface area contributed by atoms with Crippen molar-refractivity contribution in [2.45, 2.75) is 72.9 Å². The highest BCUT2D eigenvalue weighted by atomic mass is 32.2. The lowest BCUT2D eigenvalue weighted by Gasteiger charge is -2.51. The molecule has 168 valence electrons. The van der Waals surface area contributed by atoms with Crippen molar-refractivity contribution in [2.24, 2.45) is 5.92 Å². The Kier molecular flexibility index (Phi) is 6.54. The lowest BCUT2D eigenvalue weighted by molar-refractivity contribution is -0.167. The summed E-state index contributed by atoms with van der Waals surface area (Å²) in [6, 6.07) is 7.15. The lowest BCUT2D eigenvalue weighted by Crippen LogP contribution is -2.78. The largest absolute Gasteiger partial charge is 0.480 e. The molecule has 0 saturated carbocycles. The van der Waals surface area contributed by atoms with Crippen molar-refractivity contribution in [1.29, 1.82) is 0 Å². The van der Waals surface area contributed by atoms with E-state index in [1.54, 1.807) is 6.92 Å². The Bertz CT molecular complexity index is 899. The normalized spacial score (nSPS) is 27.4. The minimum absolute atomic E-state index is 0.0483. The van der Waals surface area contributed by atoms with Gasteiger partial charge in [0.15, 0.2) is 0 Å². The van der Waals surface area contributed by atoms with Gasteiger partial charge in [0.2, 0.25) is 5.91 Å². The van der Waals surface area contributed by atoms with Crippen molar-refractivity contribution in [1.82, 2.24) is 10.2 Å². The van der Waals surface area contributed by atoms with Gasteiger partial charge in [-0.1, -0.05) is 32.1 Å². The van der Waals surface area contributed by atoms with E-state index in [9.17, 15) is 19.5 Å². The Balaban J connectivity index is 1.74. The third-order valence-corrected chi connectivity index (χ3v) is 9.13. The summed E-state index contributed by atoms with van der Waals surface area (Å²) in [6.45, 7) is 13.1. The molecular formula is C23H30N2O4S2. The second-order valence-electron chi connectivity index (χ2n) is 9.14. The van der Waals surface area contributed by atoms with Crippen molar-refractivity contribution in [3.05, 3.63) is 42.5 Å². The maximum Gasteiger partial charge on any atom is 0.327 e. The quantitative estimate of drug-likeness (QED) is 0.349. The second kappa shape index (κ2) is 8.54. The van der Waals surface area contributed by atoms with Crippen LogP contribution >= 0.6 is 23.5 Å². The number of nitrogens with zero attached hydrogens (tertiary/aromatic N) is 1. The van der Waals surface area contributed by atoms with Gasteiger partial charge in [0.25, 0.3) is 5.91 Å². The molecule has 31 heavy (non-hydrogen) atoms. The number of carbonyl (C=O) groups excluding carboxylic acids is 2. The first kappa shape index (κ1) is 23.7. The highest BCUT2D eigenvalue weighted by molar-refractivity contribution is 8.01. The molecule has 2 heterocycles. The number of amides is 2. The maximum absolute atomic E-state index is 13.2. The van der Waals surface area contributed by atoms with Crippen LogP contribution in [0.4, 0.5) is 0 Å². The van der Waals surface area contributed by atoms with E-state index in [-0.39, 0.29) is 23.0 Å². The van der Waals surface area contributed by atoms with Crippen LogP contribution in [-0.4, -0.2) is 54.7 Å². The van der Waals surface area contributed by atoms with E-state index in [4.69, 9.17) is 0 Å². The van der Waals surface area contributed by atoms with Gasteiger partial charge in [-0.15, -0.1) is 30.1 Å². The third kappa shape index (κ3) is 4.24. The molecule has 6 nitrogen and oxygen atoms in total. The molecule has 0 aliphatic carbocycles. The van der Waals surface area contributed by atoms with Gasteiger partial charge in [-0.3, -0.25) is 9.59 Å². The Morgan fingerprint density at radius 3 is 2.42 bits per heavy atom.